The van der Waals surface area contributed by atoms with E-state index in [2.05, 4.69) is 6.58 Å². The summed E-state index contributed by atoms with van der Waals surface area (Å²) in [7, 11) is 0. The highest BCUT2D eigenvalue weighted by atomic mass is 35.5. The molecule has 0 heterocycles. The third-order valence-electron chi connectivity index (χ3n) is 1.58. The van der Waals surface area contributed by atoms with Crippen molar-refractivity contribution >= 4 is 11.6 Å². The summed E-state index contributed by atoms with van der Waals surface area (Å²) in [5, 5.41) is 9.05. The van der Waals surface area contributed by atoms with Crippen molar-refractivity contribution in [3.63, 3.8) is 0 Å². The quantitative estimate of drug-likeness (QED) is 0.719. The first kappa shape index (κ1) is 9.83. The van der Waals surface area contributed by atoms with Gasteiger partial charge in [0.25, 0.3) is 0 Å². The van der Waals surface area contributed by atoms with Crippen molar-refractivity contribution < 1.29 is 0 Å². The number of hydrogen-bond acceptors (Lipinski definition) is 1. The zero-order valence-corrected chi connectivity index (χ0v) is 7.88. The van der Waals surface area contributed by atoms with Gasteiger partial charge in [0, 0.05) is 11.5 Å². The summed E-state index contributed by atoms with van der Waals surface area (Å²) in [5.74, 6) is 0. The van der Waals surface area contributed by atoms with Crippen molar-refractivity contribution in [1.29, 1.82) is 5.26 Å². The van der Waals surface area contributed by atoms with E-state index in [4.69, 9.17) is 16.9 Å². The van der Waals surface area contributed by atoms with Gasteiger partial charge in [0.05, 0.1) is 12.5 Å². The van der Waals surface area contributed by atoms with Crippen LogP contribution in [0.2, 0.25) is 0 Å². The molecule has 0 saturated heterocycles. The van der Waals surface area contributed by atoms with E-state index >= 15 is 0 Å². The largest absolute Gasteiger partial charge is 0.198 e. The molecule has 0 N–H and O–H groups in total. The van der Waals surface area contributed by atoms with E-state index in [1.54, 1.807) is 0 Å². The molecule has 13 heavy (non-hydrogen) atoms. The number of allylic oxidation sites excluding steroid dienone is 1. The minimum atomic E-state index is 0.606. The SMILES string of the molecule is C=C(Cl)Cc1cccc([CH]C#N)c1. The van der Waals surface area contributed by atoms with Gasteiger partial charge in [-0.25, -0.2) is 0 Å². The highest BCUT2D eigenvalue weighted by Gasteiger charge is 1.96. The zero-order valence-electron chi connectivity index (χ0n) is 7.13. The lowest BCUT2D eigenvalue weighted by Gasteiger charge is -2.00. The minimum absolute atomic E-state index is 0.606. The van der Waals surface area contributed by atoms with Crippen LogP contribution in [0.5, 0.6) is 0 Å². The molecule has 65 valence electrons. The van der Waals surface area contributed by atoms with Crippen LogP contribution in [0.4, 0.5) is 0 Å². The summed E-state index contributed by atoms with van der Waals surface area (Å²) in [4.78, 5) is 0. The molecule has 0 fully saturated rings. The second-order valence-corrected chi connectivity index (χ2v) is 3.25. The molecule has 0 amide bonds. The maximum atomic E-state index is 8.44. The fourth-order valence-corrected chi connectivity index (χ4v) is 1.24. The van der Waals surface area contributed by atoms with Crippen LogP contribution >= 0.6 is 11.6 Å². The molecule has 0 atom stereocenters. The Morgan fingerprint density at radius 1 is 1.62 bits per heavy atom. The normalized spacial score (nSPS) is 9.23. The number of halogens is 1. The van der Waals surface area contributed by atoms with E-state index < -0.39 is 0 Å². The summed E-state index contributed by atoms with van der Waals surface area (Å²) in [6, 6.07) is 9.65. The highest BCUT2D eigenvalue weighted by molar-refractivity contribution is 6.29. The fraction of sp³-hybridized carbons (Fsp3) is 0.0909. The third-order valence-corrected chi connectivity index (χ3v) is 1.71. The first-order valence-electron chi connectivity index (χ1n) is 3.87. The van der Waals surface area contributed by atoms with Gasteiger partial charge >= 0.3 is 0 Å². The van der Waals surface area contributed by atoms with Crippen LogP contribution in [0.15, 0.2) is 35.9 Å². The second-order valence-electron chi connectivity index (χ2n) is 2.71. The molecule has 0 aliphatic rings. The molecular formula is C11H9ClN. The maximum absolute atomic E-state index is 8.44. The fourth-order valence-electron chi connectivity index (χ4n) is 1.09. The predicted molar refractivity (Wildman–Crippen MR) is 54.2 cm³/mol. The van der Waals surface area contributed by atoms with Crippen molar-refractivity contribution in [3.8, 4) is 6.07 Å². The van der Waals surface area contributed by atoms with Crippen molar-refractivity contribution in [2.24, 2.45) is 0 Å². The number of benzene rings is 1. The lowest BCUT2D eigenvalue weighted by molar-refractivity contribution is 1.24. The number of nitrogens with zero attached hydrogens (tertiary/aromatic N) is 1. The Labute approximate surface area is 83.3 Å². The average molecular weight is 191 g/mol. The molecule has 2 heteroatoms. The van der Waals surface area contributed by atoms with Crippen LogP contribution in [0.3, 0.4) is 0 Å². The van der Waals surface area contributed by atoms with E-state index in [1.807, 2.05) is 30.3 Å². The lowest BCUT2D eigenvalue weighted by atomic mass is 10.1. The Morgan fingerprint density at radius 2 is 2.38 bits per heavy atom. The molecule has 1 radical (unpaired) electrons. The summed E-state index contributed by atoms with van der Waals surface area (Å²) >= 11 is 5.67. The van der Waals surface area contributed by atoms with Gasteiger partial charge in [0.2, 0.25) is 0 Å². The first-order chi connectivity index (χ1) is 6.22. The van der Waals surface area contributed by atoms with Crippen LogP contribution < -0.4 is 0 Å². The van der Waals surface area contributed by atoms with Crippen molar-refractivity contribution in [1.82, 2.24) is 0 Å². The average Bonchev–Trinajstić information content (AvgIpc) is 2.04. The molecule has 1 aromatic rings. The standard InChI is InChI=1S/C11H9ClN/c1-9(12)7-11-4-2-3-10(8-11)5-6-13/h2-5,8H,1,7H2. The van der Waals surface area contributed by atoms with Crippen molar-refractivity contribution in [3.05, 3.63) is 53.4 Å². The van der Waals surface area contributed by atoms with Crippen LogP contribution in [0.25, 0.3) is 0 Å². The third kappa shape index (κ3) is 3.31. The van der Waals surface area contributed by atoms with Gasteiger partial charge in [-0.15, -0.1) is 0 Å². The molecule has 0 spiro atoms. The van der Waals surface area contributed by atoms with Crippen LogP contribution in [-0.4, -0.2) is 0 Å². The van der Waals surface area contributed by atoms with Crippen LogP contribution in [-0.2, 0) is 6.42 Å². The molecule has 0 saturated carbocycles. The molecule has 1 nitrogen and oxygen atoms in total. The molecule has 0 aliphatic heterocycles. The van der Waals surface area contributed by atoms with E-state index in [1.165, 1.54) is 6.42 Å². The summed E-state index contributed by atoms with van der Waals surface area (Å²) in [5.41, 5.74) is 1.97. The van der Waals surface area contributed by atoms with Gasteiger partial charge in [0.1, 0.15) is 0 Å². The molecule has 1 aromatic carbocycles. The monoisotopic (exact) mass is 190 g/mol. The Bertz CT molecular complexity index is 349. The number of rotatable bonds is 3. The van der Waals surface area contributed by atoms with E-state index in [9.17, 15) is 0 Å². The Morgan fingerprint density at radius 3 is 3.00 bits per heavy atom. The van der Waals surface area contributed by atoms with Crippen LogP contribution in [0.1, 0.15) is 11.1 Å². The predicted octanol–water partition coefficient (Wildman–Crippen LogP) is 3.06. The first-order valence-corrected chi connectivity index (χ1v) is 4.25. The van der Waals surface area contributed by atoms with Gasteiger partial charge in [-0.1, -0.05) is 42.4 Å². The Kier molecular flexibility index (Phi) is 3.54. The van der Waals surface area contributed by atoms with Gasteiger partial charge in [0.15, 0.2) is 0 Å². The smallest absolute Gasteiger partial charge is 0.0912 e. The summed E-state index contributed by atoms with van der Waals surface area (Å²) < 4.78 is 0. The molecule has 0 aromatic heterocycles. The molecule has 0 aliphatic carbocycles. The lowest BCUT2D eigenvalue weighted by Crippen LogP contribution is -1.86. The van der Waals surface area contributed by atoms with Gasteiger partial charge in [-0.3, -0.25) is 0 Å². The second kappa shape index (κ2) is 4.69. The maximum Gasteiger partial charge on any atom is 0.0912 e. The molecule has 0 bridgehead atoms. The van der Waals surface area contributed by atoms with Crippen molar-refractivity contribution in [2.45, 2.75) is 6.42 Å². The minimum Gasteiger partial charge on any atom is -0.198 e. The molecular weight excluding hydrogens is 182 g/mol. The Hall–Kier alpha value is -1.26. The summed E-state index contributed by atoms with van der Waals surface area (Å²) in [6.45, 7) is 3.62. The number of hydrogen-bond donors (Lipinski definition) is 0. The van der Waals surface area contributed by atoms with Gasteiger partial charge < -0.3 is 0 Å². The zero-order chi connectivity index (χ0) is 9.68. The van der Waals surface area contributed by atoms with E-state index in [0.717, 1.165) is 11.1 Å². The Balaban J connectivity index is 2.80. The summed E-state index contributed by atoms with van der Waals surface area (Å²) in [6.07, 6.45) is 2.15. The van der Waals surface area contributed by atoms with E-state index in [-0.39, 0.29) is 0 Å². The van der Waals surface area contributed by atoms with Crippen molar-refractivity contribution in [2.75, 3.05) is 0 Å². The number of nitriles is 1. The molecule has 0 unspecified atom stereocenters. The van der Waals surface area contributed by atoms with E-state index in [0.29, 0.717) is 11.5 Å². The topological polar surface area (TPSA) is 23.8 Å². The van der Waals surface area contributed by atoms with Gasteiger partial charge in [-0.2, -0.15) is 5.26 Å². The van der Waals surface area contributed by atoms with Gasteiger partial charge in [-0.05, 0) is 11.1 Å². The van der Waals surface area contributed by atoms with Crippen LogP contribution in [0, 0.1) is 17.8 Å². The highest BCUT2D eigenvalue weighted by Crippen LogP contribution is 2.12. The molecule has 1 rings (SSSR count).